The van der Waals surface area contributed by atoms with Crippen LogP contribution in [0.25, 0.3) is 10.8 Å². The van der Waals surface area contributed by atoms with Crippen molar-refractivity contribution in [2.75, 3.05) is 25.5 Å². The van der Waals surface area contributed by atoms with Crippen molar-refractivity contribution in [3.05, 3.63) is 79.4 Å². The van der Waals surface area contributed by atoms with E-state index in [2.05, 4.69) is 11.9 Å². The van der Waals surface area contributed by atoms with Gasteiger partial charge in [0.15, 0.2) is 0 Å². The fraction of sp³-hybridized carbons (Fsp3) is 0.136. The molecule has 3 aromatic rings. The molecule has 3 rings (SSSR count). The minimum absolute atomic E-state index is 0.0134. The first-order valence-corrected chi connectivity index (χ1v) is 10.4. The van der Waals surface area contributed by atoms with Crippen LogP contribution in [0.3, 0.4) is 0 Å². The molecule has 1 N–H and O–H groups in total. The topological polar surface area (TPSA) is 75.7 Å². The van der Waals surface area contributed by atoms with E-state index < -0.39 is 15.9 Å². The van der Waals surface area contributed by atoms with Crippen molar-refractivity contribution in [2.45, 2.75) is 4.90 Å². The van der Waals surface area contributed by atoms with E-state index in [0.717, 1.165) is 15.1 Å². The van der Waals surface area contributed by atoms with Gasteiger partial charge < -0.3 is 10.1 Å². The fourth-order valence-corrected chi connectivity index (χ4v) is 4.28. The van der Waals surface area contributed by atoms with Gasteiger partial charge >= 0.3 is 0 Å². The quantitative estimate of drug-likeness (QED) is 0.575. The summed E-state index contributed by atoms with van der Waals surface area (Å²) >= 11 is 0. The maximum Gasteiger partial charge on any atom is 0.243 e. The third kappa shape index (κ3) is 4.82. The number of fused-ring (bicyclic) bond motifs is 1. The van der Waals surface area contributed by atoms with Crippen molar-refractivity contribution in [3.63, 3.8) is 0 Å². The monoisotopic (exact) mass is 410 g/mol. The highest BCUT2D eigenvalue weighted by Crippen LogP contribution is 2.21. The highest BCUT2D eigenvalue weighted by molar-refractivity contribution is 7.89. The van der Waals surface area contributed by atoms with Gasteiger partial charge in [-0.1, -0.05) is 36.4 Å². The molecule has 0 bridgehead atoms. The first kappa shape index (κ1) is 20.6. The van der Waals surface area contributed by atoms with Crippen LogP contribution in [0, 0.1) is 0 Å². The van der Waals surface area contributed by atoms with Crippen LogP contribution in [0.15, 0.2) is 84.3 Å². The van der Waals surface area contributed by atoms with Crippen molar-refractivity contribution in [1.82, 2.24) is 4.31 Å². The van der Waals surface area contributed by atoms with Gasteiger partial charge in [0.05, 0.1) is 18.6 Å². The number of amides is 1. The number of sulfonamides is 1. The zero-order valence-corrected chi connectivity index (χ0v) is 16.9. The number of nitrogens with one attached hydrogen (secondary N) is 1. The highest BCUT2D eigenvalue weighted by atomic mass is 32.2. The third-order valence-corrected chi connectivity index (χ3v) is 6.21. The molecule has 1 amide bonds. The number of hydrogen-bond donors (Lipinski definition) is 1. The molecule has 0 aromatic heterocycles. The molecule has 0 radical (unpaired) electrons. The van der Waals surface area contributed by atoms with Gasteiger partial charge in [0, 0.05) is 12.2 Å². The molecule has 0 unspecified atom stereocenters. The Kier molecular flexibility index (Phi) is 6.31. The predicted octanol–water partition coefficient (Wildman–Crippen LogP) is 3.66. The van der Waals surface area contributed by atoms with Crippen LogP contribution < -0.4 is 10.1 Å². The van der Waals surface area contributed by atoms with Crippen molar-refractivity contribution in [3.8, 4) is 5.75 Å². The smallest absolute Gasteiger partial charge is 0.243 e. The molecule has 0 fully saturated rings. The summed E-state index contributed by atoms with van der Waals surface area (Å²) in [6.07, 6.45) is 1.45. The zero-order chi connectivity index (χ0) is 20.9. The summed E-state index contributed by atoms with van der Waals surface area (Å²) in [4.78, 5) is 12.6. The maximum absolute atomic E-state index is 12.9. The summed E-state index contributed by atoms with van der Waals surface area (Å²) in [5, 5.41) is 4.81. The number of carbonyl (C=O) groups excluding carboxylic acids is 1. The first-order valence-electron chi connectivity index (χ1n) is 8.98. The van der Waals surface area contributed by atoms with E-state index in [-0.39, 0.29) is 18.0 Å². The SMILES string of the molecule is C=CCN(CC(=O)Nc1ccc2ccccc2c1)S(=O)(=O)c1ccc(OC)cc1. The molecule has 0 saturated carbocycles. The molecule has 0 aliphatic rings. The van der Waals surface area contributed by atoms with E-state index in [4.69, 9.17) is 4.74 Å². The van der Waals surface area contributed by atoms with Crippen molar-refractivity contribution in [1.29, 1.82) is 0 Å². The van der Waals surface area contributed by atoms with Gasteiger partial charge in [0.1, 0.15) is 5.75 Å². The Labute approximate surface area is 170 Å². The molecule has 0 atom stereocenters. The largest absolute Gasteiger partial charge is 0.497 e. The number of benzene rings is 3. The van der Waals surface area contributed by atoms with Crippen LogP contribution in [0.1, 0.15) is 0 Å². The highest BCUT2D eigenvalue weighted by Gasteiger charge is 2.25. The van der Waals surface area contributed by atoms with Gasteiger partial charge in [-0.15, -0.1) is 6.58 Å². The molecule has 29 heavy (non-hydrogen) atoms. The molecule has 0 aliphatic heterocycles. The van der Waals surface area contributed by atoms with E-state index in [1.54, 1.807) is 18.2 Å². The normalized spacial score (nSPS) is 11.4. The van der Waals surface area contributed by atoms with Gasteiger partial charge in [-0.3, -0.25) is 4.79 Å². The molecule has 6 nitrogen and oxygen atoms in total. The lowest BCUT2D eigenvalue weighted by molar-refractivity contribution is -0.116. The van der Waals surface area contributed by atoms with E-state index in [1.807, 2.05) is 36.4 Å². The molecular weight excluding hydrogens is 388 g/mol. The second-order valence-corrected chi connectivity index (χ2v) is 8.31. The Morgan fingerprint density at radius 2 is 1.76 bits per heavy atom. The van der Waals surface area contributed by atoms with E-state index >= 15 is 0 Å². The van der Waals surface area contributed by atoms with Crippen LogP contribution in [0.4, 0.5) is 5.69 Å². The summed E-state index contributed by atoms with van der Waals surface area (Å²) in [6, 6.07) is 19.4. The van der Waals surface area contributed by atoms with Crippen LogP contribution in [-0.2, 0) is 14.8 Å². The van der Waals surface area contributed by atoms with Crippen LogP contribution in [-0.4, -0.2) is 38.8 Å². The predicted molar refractivity (Wildman–Crippen MR) is 115 cm³/mol. The van der Waals surface area contributed by atoms with Crippen LogP contribution in [0.2, 0.25) is 0 Å². The van der Waals surface area contributed by atoms with E-state index in [9.17, 15) is 13.2 Å². The summed E-state index contributed by atoms with van der Waals surface area (Å²) in [5.74, 6) is 0.118. The Morgan fingerprint density at radius 1 is 1.07 bits per heavy atom. The lowest BCUT2D eigenvalue weighted by Crippen LogP contribution is -2.38. The second kappa shape index (κ2) is 8.89. The minimum Gasteiger partial charge on any atom is -0.497 e. The second-order valence-electron chi connectivity index (χ2n) is 6.37. The lowest BCUT2D eigenvalue weighted by Gasteiger charge is -2.20. The molecular formula is C22H22N2O4S. The number of anilines is 1. The number of carbonyl (C=O) groups is 1. The van der Waals surface area contributed by atoms with Gasteiger partial charge in [-0.2, -0.15) is 4.31 Å². The van der Waals surface area contributed by atoms with Gasteiger partial charge in [0.25, 0.3) is 0 Å². The Morgan fingerprint density at radius 3 is 2.41 bits per heavy atom. The van der Waals surface area contributed by atoms with Gasteiger partial charge in [-0.05, 0) is 47.2 Å². The summed E-state index contributed by atoms with van der Waals surface area (Å²) in [6.45, 7) is 3.29. The van der Waals surface area contributed by atoms with Crippen molar-refractivity contribution < 1.29 is 17.9 Å². The zero-order valence-electron chi connectivity index (χ0n) is 16.0. The van der Waals surface area contributed by atoms with Crippen molar-refractivity contribution >= 4 is 32.4 Å². The molecule has 0 saturated heterocycles. The minimum atomic E-state index is -3.86. The van der Waals surface area contributed by atoms with Crippen LogP contribution in [0.5, 0.6) is 5.75 Å². The fourth-order valence-electron chi connectivity index (χ4n) is 2.92. The molecule has 0 heterocycles. The maximum atomic E-state index is 12.9. The van der Waals surface area contributed by atoms with Crippen molar-refractivity contribution in [2.24, 2.45) is 0 Å². The molecule has 150 valence electrons. The average Bonchev–Trinajstić information content (AvgIpc) is 2.73. The van der Waals surface area contributed by atoms with Crippen LogP contribution >= 0.6 is 0 Å². The molecule has 3 aromatic carbocycles. The van der Waals surface area contributed by atoms with Gasteiger partial charge in [0.2, 0.25) is 15.9 Å². The number of ether oxygens (including phenoxy) is 1. The number of hydrogen-bond acceptors (Lipinski definition) is 4. The number of nitrogens with zero attached hydrogens (tertiary/aromatic N) is 1. The first-order chi connectivity index (χ1) is 13.9. The lowest BCUT2D eigenvalue weighted by atomic mass is 10.1. The molecule has 0 spiro atoms. The standard InChI is InChI=1S/C22H22N2O4S/c1-3-14-24(29(26,27)21-12-10-20(28-2)11-13-21)16-22(25)23-19-9-8-17-6-4-5-7-18(17)15-19/h3-13,15H,1,14,16H2,2H3,(H,23,25). The van der Waals surface area contributed by atoms with E-state index in [0.29, 0.717) is 11.4 Å². The Bertz CT molecular complexity index is 1130. The number of methoxy groups -OCH3 is 1. The van der Waals surface area contributed by atoms with Gasteiger partial charge in [-0.25, -0.2) is 8.42 Å². The average molecular weight is 410 g/mol. The number of rotatable bonds is 8. The Balaban J connectivity index is 1.77. The third-order valence-electron chi connectivity index (χ3n) is 4.38. The summed E-state index contributed by atoms with van der Waals surface area (Å²) in [5.41, 5.74) is 0.606. The summed E-state index contributed by atoms with van der Waals surface area (Å²) in [7, 11) is -2.36. The van der Waals surface area contributed by atoms with E-state index in [1.165, 1.54) is 25.3 Å². The summed E-state index contributed by atoms with van der Waals surface area (Å²) < 4.78 is 32.0. The molecule has 7 heteroatoms. The molecule has 0 aliphatic carbocycles. The Hall–Kier alpha value is -3.16.